The van der Waals surface area contributed by atoms with E-state index in [4.69, 9.17) is 16.0 Å². The molecular weight excluding hydrogens is 346 g/mol. The number of hydrogen-bond acceptors (Lipinski definition) is 6. The number of hydrogen-bond donors (Lipinski definition) is 2. The van der Waals surface area contributed by atoms with E-state index in [2.05, 4.69) is 30.2 Å². The lowest BCUT2D eigenvalue weighted by Crippen LogP contribution is -2.21. The van der Waals surface area contributed by atoms with E-state index < -0.39 is 0 Å². The predicted molar refractivity (Wildman–Crippen MR) is 101 cm³/mol. The monoisotopic (exact) mass is 367 g/mol. The van der Waals surface area contributed by atoms with Crippen LogP contribution in [0.1, 0.15) is 31.5 Å². The molecule has 0 saturated carbocycles. The molecule has 3 aromatic heterocycles. The van der Waals surface area contributed by atoms with Crippen LogP contribution in [0.3, 0.4) is 0 Å². The van der Waals surface area contributed by atoms with Crippen molar-refractivity contribution in [1.82, 2.24) is 24.7 Å². The Morgan fingerprint density at radius 1 is 1.41 bits per heavy atom. The summed E-state index contributed by atoms with van der Waals surface area (Å²) in [6.45, 7) is 13.2. The molecule has 1 fully saturated rings. The summed E-state index contributed by atoms with van der Waals surface area (Å²) in [6, 6.07) is 0.348. The van der Waals surface area contributed by atoms with Crippen molar-refractivity contribution >= 4 is 28.4 Å². The summed E-state index contributed by atoms with van der Waals surface area (Å²) in [5.41, 5.74) is 2.89. The Morgan fingerprint density at radius 2 is 2.22 bits per heavy atom. The van der Waals surface area contributed by atoms with Gasteiger partial charge in [0.1, 0.15) is 5.65 Å². The van der Waals surface area contributed by atoms with Gasteiger partial charge in [0.2, 0.25) is 17.5 Å². The maximum atomic E-state index is 7.29. The molecular formula is C18H21N7O2. The van der Waals surface area contributed by atoms with Gasteiger partial charge in [-0.25, -0.2) is 4.85 Å². The van der Waals surface area contributed by atoms with Crippen molar-refractivity contribution in [1.29, 1.82) is 0 Å². The first-order valence-corrected chi connectivity index (χ1v) is 8.99. The Bertz CT molecular complexity index is 995. The fourth-order valence-electron chi connectivity index (χ4n) is 3.33. The molecule has 0 bridgehead atoms. The summed E-state index contributed by atoms with van der Waals surface area (Å²) in [7, 11) is 0. The van der Waals surface area contributed by atoms with E-state index in [1.165, 1.54) is 0 Å². The molecule has 0 aromatic carbocycles. The van der Waals surface area contributed by atoms with Crippen molar-refractivity contribution in [2.45, 2.75) is 32.7 Å². The topological polar surface area (TPSA) is 94.2 Å². The minimum absolute atomic E-state index is 0.348. The highest BCUT2D eigenvalue weighted by Gasteiger charge is 2.20. The molecule has 27 heavy (non-hydrogen) atoms. The summed E-state index contributed by atoms with van der Waals surface area (Å²) in [5.74, 6) is 0.797. The zero-order valence-corrected chi connectivity index (χ0v) is 15.3. The lowest BCUT2D eigenvalue weighted by molar-refractivity contribution is 0.0657. The molecule has 0 radical (unpaired) electrons. The van der Waals surface area contributed by atoms with Crippen molar-refractivity contribution in [3.05, 3.63) is 29.5 Å². The lowest BCUT2D eigenvalue weighted by atomic mass is 10.1. The minimum atomic E-state index is 0.348. The molecule has 140 valence electrons. The smallest absolute Gasteiger partial charge is 0.232 e. The fourth-order valence-corrected chi connectivity index (χ4v) is 3.33. The van der Waals surface area contributed by atoms with Crippen molar-refractivity contribution in [3.63, 3.8) is 0 Å². The van der Waals surface area contributed by atoms with Gasteiger partial charge in [-0.15, -0.1) is 0 Å². The molecule has 0 atom stereocenters. The van der Waals surface area contributed by atoms with Crippen molar-refractivity contribution in [2.75, 3.05) is 25.1 Å². The Balaban J connectivity index is 1.66. The van der Waals surface area contributed by atoms with Crippen LogP contribution in [0, 0.1) is 13.5 Å². The third-order valence-corrected chi connectivity index (χ3v) is 4.71. The summed E-state index contributed by atoms with van der Waals surface area (Å²) < 4.78 is 13.1. The van der Waals surface area contributed by atoms with Crippen molar-refractivity contribution in [3.8, 4) is 5.88 Å². The molecule has 0 spiro atoms. The van der Waals surface area contributed by atoms with E-state index >= 15 is 0 Å². The highest BCUT2D eigenvalue weighted by atomic mass is 16.5. The van der Waals surface area contributed by atoms with E-state index in [9.17, 15) is 0 Å². The highest BCUT2D eigenvalue weighted by Crippen LogP contribution is 2.34. The van der Waals surface area contributed by atoms with Gasteiger partial charge in [-0.3, -0.25) is 4.68 Å². The summed E-state index contributed by atoms with van der Waals surface area (Å²) >= 11 is 0. The fraction of sp³-hybridized carbons (Fsp3) is 0.444. The van der Waals surface area contributed by atoms with Crippen LogP contribution in [-0.2, 0) is 4.74 Å². The van der Waals surface area contributed by atoms with Gasteiger partial charge in [-0.05, 0) is 26.7 Å². The first kappa shape index (κ1) is 17.3. The second kappa shape index (κ2) is 7.25. The van der Waals surface area contributed by atoms with Crippen LogP contribution < -0.4 is 10.1 Å². The first-order valence-electron chi connectivity index (χ1n) is 8.99. The van der Waals surface area contributed by atoms with Gasteiger partial charge in [-0.2, -0.15) is 15.1 Å². The van der Waals surface area contributed by atoms with E-state index in [-0.39, 0.29) is 0 Å². The second-order valence-electron chi connectivity index (χ2n) is 6.35. The molecule has 2 N–H and O–H groups in total. The molecule has 0 amide bonds. The molecule has 3 aromatic rings. The van der Waals surface area contributed by atoms with Crippen LogP contribution in [0.15, 0.2) is 12.4 Å². The number of nitrogens with zero attached hydrogens (tertiary/aromatic N) is 5. The van der Waals surface area contributed by atoms with Crippen molar-refractivity contribution in [2.24, 2.45) is 0 Å². The van der Waals surface area contributed by atoms with Gasteiger partial charge in [0.05, 0.1) is 42.2 Å². The Kier molecular flexibility index (Phi) is 4.64. The number of fused-ring (bicyclic) bond motifs is 1. The molecule has 4 heterocycles. The highest BCUT2D eigenvalue weighted by molar-refractivity contribution is 5.95. The Hall–Kier alpha value is -3.12. The maximum Gasteiger partial charge on any atom is 0.232 e. The molecule has 1 saturated heterocycles. The number of rotatable bonds is 5. The largest absolute Gasteiger partial charge is 0.478 e. The van der Waals surface area contributed by atoms with E-state index in [0.29, 0.717) is 41.2 Å². The van der Waals surface area contributed by atoms with Crippen LogP contribution in [-0.4, -0.2) is 44.6 Å². The summed E-state index contributed by atoms with van der Waals surface area (Å²) in [4.78, 5) is 15.5. The Labute approximate surface area is 156 Å². The molecule has 1 aliphatic heterocycles. The molecule has 9 nitrogen and oxygen atoms in total. The van der Waals surface area contributed by atoms with Gasteiger partial charge in [0.15, 0.2) is 0 Å². The van der Waals surface area contributed by atoms with Crippen LogP contribution >= 0.6 is 0 Å². The molecule has 4 rings (SSSR count). The van der Waals surface area contributed by atoms with E-state index in [0.717, 1.165) is 37.4 Å². The predicted octanol–water partition coefficient (Wildman–Crippen LogP) is 3.51. The zero-order chi connectivity index (χ0) is 18.8. The normalized spacial score (nSPS) is 15.0. The standard InChI is InChI=1S/C18H21N7O2/c1-4-27-17-15-14(19-3)9-20-16(15)23-18(24-17)22-13-10-21-25(11(13)2)12-5-7-26-8-6-12/h9-10,12H,4-8H2,1-2H3,(H2,20,22,23,24). The van der Waals surface area contributed by atoms with Crippen LogP contribution in [0.4, 0.5) is 17.3 Å². The quantitative estimate of drug-likeness (QED) is 0.670. The SMILES string of the molecule is [C-]#[N+]c1c[nH]c2nc(Nc3cnn(C4CCOCC4)c3C)nc(OCC)c12. The first-order chi connectivity index (χ1) is 13.2. The van der Waals surface area contributed by atoms with Gasteiger partial charge in [0, 0.05) is 19.4 Å². The van der Waals surface area contributed by atoms with Crippen LogP contribution in [0.25, 0.3) is 15.9 Å². The third-order valence-electron chi connectivity index (χ3n) is 4.71. The number of ether oxygens (including phenoxy) is 2. The van der Waals surface area contributed by atoms with Crippen LogP contribution in [0.5, 0.6) is 5.88 Å². The van der Waals surface area contributed by atoms with E-state index in [1.54, 1.807) is 12.4 Å². The summed E-state index contributed by atoms with van der Waals surface area (Å²) in [6.07, 6.45) is 5.33. The number of H-pyrrole nitrogens is 1. The van der Waals surface area contributed by atoms with Gasteiger partial charge >= 0.3 is 0 Å². The van der Waals surface area contributed by atoms with Gasteiger partial charge in [0.25, 0.3) is 0 Å². The Morgan fingerprint density at radius 3 is 2.96 bits per heavy atom. The second-order valence-corrected chi connectivity index (χ2v) is 6.35. The third kappa shape index (κ3) is 3.19. The average Bonchev–Trinajstić information content (AvgIpc) is 3.27. The van der Waals surface area contributed by atoms with Gasteiger partial charge in [-0.1, -0.05) is 0 Å². The van der Waals surface area contributed by atoms with E-state index in [1.807, 2.05) is 18.5 Å². The molecule has 0 aliphatic carbocycles. The number of anilines is 2. The molecule has 9 heteroatoms. The van der Waals surface area contributed by atoms with Crippen molar-refractivity contribution < 1.29 is 9.47 Å². The van der Waals surface area contributed by atoms with Gasteiger partial charge < -0.3 is 19.8 Å². The van der Waals surface area contributed by atoms with Crippen LogP contribution in [0.2, 0.25) is 0 Å². The maximum absolute atomic E-state index is 7.29. The zero-order valence-electron chi connectivity index (χ0n) is 15.3. The molecule has 1 aliphatic rings. The summed E-state index contributed by atoms with van der Waals surface area (Å²) in [5, 5.41) is 8.38. The number of aromatic amines is 1. The average molecular weight is 367 g/mol. The minimum Gasteiger partial charge on any atom is -0.478 e. The number of aromatic nitrogens is 5. The lowest BCUT2D eigenvalue weighted by Gasteiger charge is -2.23. The number of nitrogens with one attached hydrogen (secondary N) is 2. The molecule has 0 unspecified atom stereocenters.